The fourth-order valence-electron chi connectivity index (χ4n) is 4.02. The Bertz CT molecular complexity index is 825. The third-order valence-electron chi connectivity index (χ3n) is 5.49. The summed E-state index contributed by atoms with van der Waals surface area (Å²) in [4.78, 5) is 14.3. The quantitative estimate of drug-likeness (QED) is 0.842. The van der Waals surface area contributed by atoms with Crippen LogP contribution in [0.25, 0.3) is 0 Å². The van der Waals surface area contributed by atoms with E-state index in [-0.39, 0.29) is 6.79 Å². The number of aliphatic hydroxyl groups is 1. The number of carboxylic acids is 1. The summed E-state index contributed by atoms with van der Waals surface area (Å²) >= 11 is 0. The van der Waals surface area contributed by atoms with Crippen molar-refractivity contribution in [1.29, 1.82) is 0 Å². The lowest BCUT2D eigenvalue weighted by atomic mass is 9.72. The maximum Gasteiger partial charge on any atom is 0.313 e. The van der Waals surface area contributed by atoms with E-state index in [4.69, 9.17) is 9.47 Å². The molecule has 0 unspecified atom stereocenters. The van der Waals surface area contributed by atoms with Gasteiger partial charge in [-0.1, -0.05) is 36.4 Å². The molecule has 0 saturated carbocycles. The molecular weight excluding hydrogens is 346 g/mol. The van der Waals surface area contributed by atoms with Gasteiger partial charge in [0, 0.05) is 19.6 Å². The number of ether oxygens (including phenoxy) is 2. The molecule has 0 spiro atoms. The average molecular weight is 369 g/mol. The van der Waals surface area contributed by atoms with Gasteiger partial charge in [-0.05, 0) is 36.1 Å². The van der Waals surface area contributed by atoms with E-state index in [0.717, 1.165) is 22.6 Å². The molecule has 0 aromatic heterocycles. The van der Waals surface area contributed by atoms with E-state index in [1.165, 1.54) is 0 Å². The van der Waals surface area contributed by atoms with Gasteiger partial charge in [0.1, 0.15) is 5.41 Å². The van der Waals surface area contributed by atoms with Gasteiger partial charge in [0.05, 0.1) is 6.10 Å². The monoisotopic (exact) mass is 369 g/mol. The third kappa shape index (κ3) is 3.50. The van der Waals surface area contributed by atoms with E-state index >= 15 is 0 Å². The smallest absolute Gasteiger partial charge is 0.313 e. The molecule has 1 saturated heterocycles. The topological polar surface area (TPSA) is 79.2 Å². The van der Waals surface area contributed by atoms with Crippen LogP contribution in [-0.4, -0.2) is 47.1 Å². The van der Waals surface area contributed by atoms with Crippen LogP contribution in [-0.2, 0) is 17.8 Å². The van der Waals surface area contributed by atoms with E-state index in [1.807, 2.05) is 48.5 Å². The zero-order chi connectivity index (χ0) is 18.9. The zero-order valence-corrected chi connectivity index (χ0v) is 15.0. The normalized spacial score (nSPS) is 24.7. The number of piperidine rings is 1. The minimum absolute atomic E-state index is 0.230. The largest absolute Gasteiger partial charge is 0.481 e. The van der Waals surface area contributed by atoms with Crippen LogP contribution in [0.5, 0.6) is 11.5 Å². The Kier molecular flexibility index (Phi) is 4.76. The molecule has 2 aromatic carbocycles. The van der Waals surface area contributed by atoms with Crippen molar-refractivity contribution in [2.45, 2.75) is 25.5 Å². The molecule has 2 heterocycles. The Morgan fingerprint density at radius 2 is 1.89 bits per heavy atom. The van der Waals surface area contributed by atoms with Crippen molar-refractivity contribution in [3.63, 3.8) is 0 Å². The fraction of sp³-hybridized carbons (Fsp3) is 0.381. The van der Waals surface area contributed by atoms with E-state index in [9.17, 15) is 15.0 Å². The second-order valence-electron chi connectivity index (χ2n) is 7.33. The van der Waals surface area contributed by atoms with Gasteiger partial charge in [0.15, 0.2) is 11.5 Å². The molecule has 6 heteroatoms. The molecule has 2 aromatic rings. The van der Waals surface area contributed by atoms with Gasteiger partial charge in [0.2, 0.25) is 6.79 Å². The van der Waals surface area contributed by atoms with Gasteiger partial charge in [-0.25, -0.2) is 0 Å². The first-order valence-electron chi connectivity index (χ1n) is 9.13. The zero-order valence-electron chi connectivity index (χ0n) is 15.0. The standard InChI is InChI=1S/C21H23NO5/c23-19-8-9-22(12-16-6-7-17-18(10-16)27-14-26-17)13-21(19,20(24)25)11-15-4-2-1-3-5-15/h1-7,10,19,23H,8-9,11-14H2,(H,24,25)/t19-,21+/m0/s1. The fourth-order valence-corrected chi connectivity index (χ4v) is 4.02. The maximum absolute atomic E-state index is 12.2. The highest BCUT2D eigenvalue weighted by Gasteiger charge is 2.49. The number of likely N-dealkylation sites (tertiary alicyclic amines) is 1. The van der Waals surface area contributed by atoms with Gasteiger partial charge in [0.25, 0.3) is 0 Å². The summed E-state index contributed by atoms with van der Waals surface area (Å²) in [5, 5.41) is 20.6. The maximum atomic E-state index is 12.2. The molecule has 0 amide bonds. The average Bonchev–Trinajstić information content (AvgIpc) is 3.13. The summed E-state index contributed by atoms with van der Waals surface area (Å²) in [5.41, 5.74) is 0.745. The molecule has 6 nitrogen and oxygen atoms in total. The van der Waals surface area contributed by atoms with Crippen LogP contribution in [0, 0.1) is 5.41 Å². The molecule has 1 fully saturated rings. The van der Waals surface area contributed by atoms with Crippen molar-refractivity contribution in [2.24, 2.45) is 5.41 Å². The van der Waals surface area contributed by atoms with Crippen molar-refractivity contribution in [3.8, 4) is 11.5 Å². The van der Waals surface area contributed by atoms with Crippen LogP contribution in [0.4, 0.5) is 0 Å². The minimum atomic E-state index is -1.21. The van der Waals surface area contributed by atoms with E-state index in [0.29, 0.717) is 32.5 Å². The number of fused-ring (bicyclic) bond motifs is 1. The number of aliphatic hydroxyl groups excluding tert-OH is 1. The molecule has 0 radical (unpaired) electrons. The van der Waals surface area contributed by atoms with Crippen molar-refractivity contribution >= 4 is 5.97 Å². The van der Waals surface area contributed by atoms with Crippen LogP contribution in [0.2, 0.25) is 0 Å². The number of hydrogen-bond donors (Lipinski definition) is 2. The van der Waals surface area contributed by atoms with Crippen LogP contribution >= 0.6 is 0 Å². The Balaban J connectivity index is 1.54. The second kappa shape index (κ2) is 7.21. The SMILES string of the molecule is O=C(O)[C@]1(Cc2ccccc2)CN(Cc2ccc3c(c2)OCO3)CC[C@@H]1O. The molecule has 4 rings (SSSR count). The molecule has 2 aliphatic heterocycles. The van der Waals surface area contributed by atoms with Gasteiger partial charge < -0.3 is 19.7 Å². The van der Waals surface area contributed by atoms with Crippen LogP contribution in [0.3, 0.4) is 0 Å². The highest BCUT2D eigenvalue weighted by Crippen LogP contribution is 2.37. The van der Waals surface area contributed by atoms with Gasteiger partial charge in [-0.2, -0.15) is 0 Å². The summed E-state index contributed by atoms with van der Waals surface area (Å²) in [6, 6.07) is 15.3. The molecule has 27 heavy (non-hydrogen) atoms. The highest BCUT2D eigenvalue weighted by molar-refractivity contribution is 5.76. The third-order valence-corrected chi connectivity index (χ3v) is 5.49. The van der Waals surface area contributed by atoms with E-state index in [2.05, 4.69) is 4.90 Å². The number of benzene rings is 2. The predicted octanol–water partition coefficient (Wildman–Crippen LogP) is 2.30. The van der Waals surface area contributed by atoms with Crippen LogP contribution in [0.1, 0.15) is 17.5 Å². The molecule has 2 N–H and O–H groups in total. The lowest BCUT2D eigenvalue weighted by Crippen LogP contribution is -2.56. The minimum Gasteiger partial charge on any atom is -0.481 e. The highest BCUT2D eigenvalue weighted by atomic mass is 16.7. The van der Waals surface area contributed by atoms with Crippen molar-refractivity contribution in [1.82, 2.24) is 4.90 Å². The van der Waals surface area contributed by atoms with Crippen LogP contribution in [0.15, 0.2) is 48.5 Å². The summed E-state index contributed by atoms with van der Waals surface area (Å²) in [6.45, 7) is 1.79. The Hall–Kier alpha value is -2.57. The summed E-state index contributed by atoms with van der Waals surface area (Å²) < 4.78 is 10.8. The summed E-state index contributed by atoms with van der Waals surface area (Å²) in [5.74, 6) is 0.504. The Morgan fingerprint density at radius 3 is 2.67 bits per heavy atom. The number of aliphatic carboxylic acids is 1. The first-order chi connectivity index (χ1) is 13.1. The summed E-state index contributed by atoms with van der Waals surface area (Å²) in [7, 11) is 0. The van der Waals surface area contributed by atoms with E-state index in [1.54, 1.807) is 0 Å². The Labute approximate surface area is 157 Å². The predicted molar refractivity (Wildman–Crippen MR) is 98.7 cm³/mol. The Morgan fingerprint density at radius 1 is 1.11 bits per heavy atom. The van der Waals surface area contributed by atoms with Gasteiger partial charge in [-0.3, -0.25) is 9.69 Å². The van der Waals surface area contributed by atoms with E-state index < -0.39 is 17.5 Å². The van der Waals surface area contributed by atoms with Gasteiger partial charge >= 0.3 is 5.97 Å². The first kappa shape index (κ1) is 17.8. The number of rotatable bonds is 5. The van der Waals surface area contributed by atoms with Crippen molar-refractivity contribution in [3.05, 3.63) is 59.7 Å². The lowest BCUT2D eigenvalue weighted by molar-refractivity contribution is -0.163. The molecule has 2 aliphatic rings. The molecule has 2 atom stereocenters. The first-order valence-corrected chi connectivity index (χ1v) is 9.13. The van der Waals surface area contributed by atoms with Gasteiger partial charge in [-0.15, -0.1) is 0 Å². The lowest BCUT2D eigenvalue weighted by Gasteiger charge is -2.43. The number of carbonyl (C=O) groups is 1. The molecule has 0 bridgehead atoms. The molecule has 142 valence electrons. The van der Waals surface area contributed by atoms with Crippen LogP contribution < -0.4 is 9.47 Å². The molecule has 0 aliphatic carbocycles. The number of carboxylic acid groups (broad SMARTS) is 1. The number of hydrogen-bond acceptors (Lipinski definition) is 5. The van der Waals surface area contributed by atoms with Crippen molar-refractivity contribution < 1.29 is 24.5 Å². The summed E-state index contributed by atoms with van der Waals surface area (Å²) in [6.07, 6.45) is -0.130. The molecular formula is C21H23NO5. The van der Waals surface area contributed by atoms with Crippen molar-refractivity contribution in [2.75, 3.05) is 19.9 Å². The number of nitrogens with zero attached hydrogens (tertiary/aromatic N) is 1. The second-order valence-corrected chi connectivity index (χ2v) is 7.33.